The summed E-state index contributed by atoms with van der Waals surface area (Å²) in [6, 6.07) is 4.57. The minimum absolute atomic E-state index is 0.0749. The van der Waals surface area contributed by atoms with Gasteiger partial charge in [-0.05, 0) is 24.6 Å². The third-order valence-electron chi connectivity index (χ3n) is 4.93. The molecule has 0 unspecified atom stereocenters. The minimum atomic E-state index is -0.816. The molecule has 1 aliphatic rings. The molecule has 0 fully saturated rings. The predicted molar refractivity (Wildman–Crippen MR) is 102 cm³/mol. The maximum Gasteiger partial charge on any atom is 0.336 e. The molecule has 9 heteroatoms. The van der Waals surface area contributed by atoms with Crippen LogP contribution in [0.3, 0.4) is 0 Å². The third-order valence-corrected chi connectivity index (χ3v) is 4.93. The number of allylic oxidation sites excluding steroid dienone is 1. The smallest absolute Gasteiger partial charge is 0.336 e. The number of anilines is 1. The number of nitrogens with zero attached hydrogens (tertiary/aromatic N) is 2. The van der Waals surface area contributed by atoms with Crippen LogP contribution >= 0.6 is 0 Å². The van der Waals surface area contributed by atoms with Crippen molar-refractivity contribution in [1.29, 1.82) is 0 Å². The van der Waals surface area contributed by atoms with Gasteiger partial charge in [0.2, 0.25) is 0 Å². The molecule has 148 valence electrons. The summed E-state index contributed by atoms with van der Waals surface area (Å²) in [5.74, 6) is -1.00. The fourth-order valence-corrected chi connectivity index (χ4v) is 3.48. The molecule has 0 saturated heterocycles. The lowest BCUT2D eigenvalue weighted by molar-refractivity contribution is -0.136. The van der Waals surface area contributed by atoms with Gasteiger partial charge in [-0.15, -0.1) is 0 Å². The molecule has 0 saturated carbocycles. The highest BCUT2D eigenvalue weighted by molar-refractivity contribution is 5.94. The van der Waals surface area contributed by atoms with Crippen molar-refractivity contribution in [3.63, 3.8) is 0 Å². The van der Waals surface area contributed by atoms with E-state index in [-0.39, 0.29) is 22.6 Å². The van der Waals surface area contributed by atoms with Gasteiger partial charge in [0, 0.05) is 19.8 Å². The number of aromatic nitrogens is 2. The van der Waals surface area contributed by atoms with Crippen LogP contribution < -0.4 is 21.3 Å². The average molecular weight is 387 g/mol. The van der Waals surface area contributed by atoms with E-state index < -0.39 is 23.1 Å². The second-order valence-corrected chi connectivity index (χ2v) is 6.49. The normalized spacial score (nSPS) is 15.7. The first-order valence-electron chi connectivity index (χ1n) is 8.45. The highest BCUT2D eigenvalue weighted by Crippen LogP contribution is 2.42. The molecule has 1 atom stereocenters. The van der Waals surface area contributed by atoms with Crippen LogP contribution in [-0.2, 0) is 23.6 Å². The van der Waals surface area contributed by atoms with Gasteiger partial charge in [0.25, 0.3) is 5.56 Å². The molecule has 0 bridgehead atoms. The number of fused-ring (bicyclic) bond motifs is 1. The van der Waals surface area contributed by atoms with Crippen molar-refractivity contribution in [2.75, 3.05) is 19.5 Å². The number of carbonyl (C=O) groups is 1. The summed E-state index contributed by atoms with van der Waals surface area (Å²) in [7, 11) is 5.58. The van der Waals surface area contributed by atoms with Gasteiger partial charge in [-0.3, -0.25) is 13.9 Å². The van der Waals surface area contributed by atoms with Crippen molar-refractivity contribution in [3.05, 3.63) is 61.4 Å². The van der Waals surface area contributed by atoms with E-state index in [1.54, 1.807) is 26.1 Å². The Hall–Kier alpha value is -3.49. The van der Waals surface area contributed by atoms with Gasteiger partial charge in [-0.2, -0.15) is 0 Å². The number of ether oxygens (including phenoxy) is 2. The van der Waals surface area contributed by atoms with E-state index in [4.69, 9.17) is 9.47 Å². The Bertz CT molecular complexity index is 1130. The average Bonchev–Trinajstić information content (AvgIpc) is 2.69. The molecule has 2 heterocycles. The molecule has 1 aromatic carbocycles. The zero-order valence-corrected chi connectivity index (χ0v) is 16.2. The highest BCUT2D eigenvalue weighted by Gasteiger charge is 2.37. The van der Waals surface area contributed by atoms with Gasteiger partial charge < -0.3 is 19.9 Å². The van der Waals surface area contributed by atoms with E-state index in [1.807, 2.05) is 0 Å². The monoisotopic (exact) mass is 387 g/mol. The predicted octanol–water partition coefficient (Wildman–Crippen LogP) is 0.803. The van der Waals surface area contributed by atoms with Crippen LogP contribution in [0.4, 0.5) is 5.82 Å². The third kappa shape index (κ3) is 2.75. The zero-order valence-electron chi connectivity index (χ0n) is 16.2. The standard InChI is InChI=1S/C19H21N3O6/c1-9-13(18(25)28-5)14(10-6-7-11(23)12(8-10)27-4)15-16(20-9)21(2)19(26)22(3)17(15)24/h6-8,14,20,23H,1-5H3/t14-/m0/s1. The van der Waals surface area contributed by atoms with Crippen LogP contribution in [-0.4, -0.2) is 34.4 Å². The number of rotatable bonds is 3. The summed E-state index contributed by atoms with van der Waals surface area (Å²) in [4.78, 5) is 37.9. The molecule has 0 spiro atoms. The maximum atomic E-state index is 13.0. The maximum absolute atomic E-state index is 13.0. The number of methoxy groups -OCH3 is 2. The number of aromatic hydroxyl groups is 1. The number of phenols is 1. The van der Waals surface area contributed by atoms with Crippen molar-refractivity contribution >= 4 is 11.8 Å². The number of benzene rings is 1. The van der Waals surface area contributed by atoms with Gasteiger partial charge in [0.15, 0.2) is 11.5 Å². The Morgan fingerprint density at radius 1 is 1.18 bits per heavy atom. The van der Waals surface area contributed by atoms with E-state index in [1.165, 1.54) is 31.9 Å². The fourth-order valence-electron chi connectivity index (χ4n) is 3.48. The number of carbonyl (C=O) groups excluding carboxylic acids is 1. The van der Waals surface area contributed by atoms with Gasteiger partial charge in [0.1, 0.15) is 5.82 Å². The topological polar surface area (TPSA) is 112 Å². The number of phenolic OH excluding ortho intramolecular Hbond substituents is 1. The molecule has 2 N–H and O–H groups in total. The van der Waals surface area contributed by atoms with Crippen molar-refractivity contribution in [2.45, 2.75) is 12.8 Å². The Morgan fingerprint density at radius 3 is 2.46 bits per heavy atom. The van der Waals surface area contributed by atoms with E-state index in [9.17, 15) is 19.5 Å². The van der Waals surface area contributed by atoms with Crippen LogP contribution in [0.15, 0.2) is 39.1 Å². The first-order chi connectivity index (χ1) is 13.2. The molecule has 1 aromatic heterocycles. The lowest BCUT2D eigenvalue weighted by Crippen LogP contribution is -2.43. The van der Waals surface area contributed by atoms with E-state index in [2.05, 4.69) is 5.32 Å². The van der Waals surface area contributed by atoms with E-state index in [0.29, 0.717) is 17.1 Å². The summed E-state index contributed by atoms with van der Waals surface area (Å²) >= 11 is 0. The van der Waals surface area contributed by atoms with E-state index >= 15 is 0 Å². The van der Waals surface area contributed by atoms with E-state index in [0.717, 1.165) is 4.57 Å². The molecular weight excluding hydrogens is 366 g/mol. The Balaban J connectivity index is 2.42. The lowest BCUT2D eigenvalue weighted by atomic mass is 9.82. The number of esters is 1. The quantitative estimate of drug-likeness (QED) is 0.750. The molecule has 0 radical (unpaired) electrons. The zero-order chi connectivity index (χ0) is 20.7. The van der Waals surface area contributed by atoms with Crippen LogP contribution in [0.1, 0.15) is 24.0 Å². The molecule has 2 aromatic rings. The SMILES string of the molecule is COC(=O)C1=C(C)Nc2c(c(=O)n(C)c(=O)n2C)[C@H]1c1ccc(O)c(OC)c1. The van der Waals surface area contributed by atoms with Crippen molar-refractivity contribution in [2.24, 2.45) is 14.1 Å². The minimum Gasteiger partial charge on any atom is -0.504 e. The van der Waals surface area contributed by atoms with Gasteiger partial charge in [-0.1, -0.05) is 6.07 Å². The van der Waals surface area contributed by atoms with Crippen LogP contribution in [0, 0.1) is 0 Å². The van der Waals surface area contributed by atoms with Crippen LogP contribution in [0.25, 0.3) is 0 Å². The molecular formula is C19H21N3O6. The molecule has 9 nitrogen and oxygen atoms in total. The summed E-state index contributed by atoms with van der Waals surface area (Å²) in [6.07, 6.45) is 0. The number of nitrogens with one attached hydrogen (secondary N) is 1. The van der Waals surface area contributed by atoms with Gasteiger partial charge in [-0.25, -0.2) is 9.59 Å². The second kappa shape index (κ2) is 6.91. The fraction of sp³-hybridized carbons (Fsp3) is 0.316. The first kappa shape index (κ1) is 19.3. The molecule has 0 aliphatic carbocycles. The van der Waals surface area contributed by atoms with Gasteiger partial charge >= 0.3 is 11.7 Å². The van der Waals surface area contributed by atoms with Crippen molar-refractivity contribution < 1.29 is 19.4 Å². The summed E-state index contributed by atoms with van der Waals surface area (Å²) in [5.41, 5.74) is 0.429. The highest BCUT2D eigenvalue weighted by atomic mass is 16.5. The molecule has 3 rings (SSSR count). The molecule has 0 amide bonds. The summed E-state index contributed by atoms with van der Waals surface area (Å²) in [5, 5.41) is 12.9. The van der Waals surface area contributed by atoms with Crippen molar-refractivity contribution in [1.82, 2.24) is 9.13 Å². The molecule has 1 aliphatic heterocycles. The lowest BCUT2D eigenvalue weighted by Gasteiger charge is -2.30. The number of hydrogen-bond acceptors (Lipinski definition) is 7. The van der Waals surface area contributed by atoms with Crippen LogP contribution in [0.2, 0.25) is 0 Å². The number of hydrogen-bond donors (Lipinski definition) is 2. The van der Waals surface area contributed by atoms with Crippen LogP contribution in [0.5, 0.6) is 11.5 Å². The summed E-state index contributed by atoms with van der Waals surface area (Å²) in [6.45, 7) is 1.67. The second-order valence-electron chi connectivity index (χ2n) is 6.49. The summed E-state index contributed by atoms with van der Waals surface area (Å²) < 4.78 is 12.4. The Morgan fingerprint density at radius 2 is 1.86 bits per heavy atom. The largest absolute Gasteiger partial charge is 0.504 e. The first-order valence-corrected chi connectivity index (χ1v) is 8.45. The van der Waals surface area contributed by atoms with Gasteiger partial charge in [0.05, 0.1) is 31.3 Å². The molecule has 28 heavy (non-hydrogen) atoms. The Labute approximate surface area is 160 Å². The van der Waals surface area contributed by atoms with Crippen molar-refractivity contribution in [3.8, 4) is 11.5 Å². The Kier molecular flexibility index (Phi) is 4.76.